The molecular formula is C20H15N5OS. The molecule has 0 bridgehead atoms. The van der Waals surface area contributed by atoms with Gasteiger partial charge < -0.3 is 0 Å². The number of benzene rings is 2. The third-order valence-corrected chi connectivity index (χ3v) is 5.17. The van der Waals surface area contributed by atoms with Gasteiger partial charge in [0.2, 0.25) is 0 Å². The van der Waals surface area contributed by atoms with Crippen LogP contribution in [0, 0.1) is 18.3 Å². The smallest absolute Gasteiger partial charge is 0.262 e. The fourth-order valence-electron chi connectivity index (χ4n) is 2.96. The molecule has 2 heterocycles. The molecule has 132 valence electrons. The number of nitrogens with zero attached hydrogens (tertiary/aromatic N) is 5. The summed E-state index contributed by atoms with van der Waals surface area (Å²) in [5, 5.41) is 11.5. The third-order valence-electron chi connectivity index (χ3n) is 4.19. The molecule has 0 saturated carbocycles. The summed E-state index contributed by atoms with van der Waals surface area (Å²) in [4.78, 5) is 26.4. The van der Waals surface area contributed by atoms with Gasteiger partial charge in [0.25, 0.3) is 5.56 Å². The molecule has 0 saturated heterocycles. The van der Waals surface area contributed by atoms with E-state index >= 15 is 0 Å². The lowest BCUT2D eigenvalue weighted by Gasteiger charge is -2.11. The number of hydrogen-bond acceptors (Lipinski definition) is 6. The second kappa shape index (κ2) is 7.17. The zero-order chi connectivity index (χ0) is 18.8. The molecular weight excluding hydrogens is 358 g/mol. The number of rotatable bonds is 4. The number of hydrogen-bond donors (Lipinski definition) is 0. The van der Waals surface area contributed by atoms with Crippen molar-refractivity contribution < 1.29 is 0 Å². The molecule has 4 aromatic rings. The van der Waals surface area contributed by atoms with Crippen LogP contribution in [0.4, 0.5) is 0 Å². The Labute approximate surface area is 159 Å². The van der Waals surface area contributed by atoms with Crippen LogP contribution in [0.25, 0.3) is 21.8 Å². The lowest BCUT2D eigenvalue weighted by atomic mass is 10.2. The molecule has 0 spiro atoms. The highest BCUT2D eigenvalue weighted by atomic mass is 32.2. The van der Waals surface area contributed by atoms with Crippen LogP contribution in [0.15, 0.2) is 58.4 Å². The van der Waals surface area contributed by atoms with Crippen molar-refractivity contribution in [3.8, 4) is 6.07 Å². The second-order valence-electron chi connectivity index (χ2n) is 5.98. The van der Waals surface area contributed by atoms with Gasteiger partial charge in [0, 0.05) is 5.39 Å². The van der Waals surface area contributed by atoms with Crippen molar-refractivity contribution in [1.82, 2.24) is 19.5 Å². The van der Waals surface area contributed by atoms with E-state index in [0.29, 0.717) is 28.3 Å². The van der Waals surface area contributed by atoms with Crippen LogP contribution in [0.2, 0.25) is 0 Å². The minimum atomic E-state index is -0.193. The van der Waals surface area contributed by atoms with E-state index in [1.54, 1.807) is 12.1 Å². The largest absolute Gasteiger partial charge is 0.281 e. The van der Waals surface area contributed by atoms with Crippen molar-refractivity contribution >= 4 is 33.6 Å². The van der Waals surface area contributed by atoms with E-state index in [0.717, 1.165) is 15.9 Å². The Balaban J connectivity index is 1.77. The minimum absolute atomic E-state index is 0.0316. The third kappa shape index (κ3) is 3.27. The number of aryl methyl sites for hydroxylation is 1. The quantitative estimate of drug-likeness (QED) is 0.402. The number of para-hydroxylation sites is 2. The summed E-state index contributed by atoms with van der Waals surface area (Å²) in [6.07, 6.45) is 0. The van der Waals surface area contributed by atoms with Gasteiger partial charge in [0.05, 0.1) is 28.2 Å². The molecule has 0 unspecified atom stereocenters. The molecule has 0 radical (unpaired) electrons. The first-order valence-corrected chi connectivity index (χ1v) is 9.37. The van der Waals surface area contributed by atoms with E-state index in [1.165, 1.54) is 16.3 Å². The van der Waals surface area contributed by atoms with Crippen LogP contribution < -0.4 is 5.56 Å². The fourth-order valence-corrected chi connectivity index (χ4v) is 3.97. The molecule has 2 aromatic heterocycles. The normalized spacial score (nSPS) is 11.0. The molecule has 0 aliphatic carbocycles. The van der Waals surface area contributed by atoms with Crippen LogP contribution in [0.5, 0.6) is 0 Å². The molecule has 27 heavy (non-hydrogen) atoms. The van der Waals surface area contributed by atoms with Crippen molar-refractivity contribution in [3.63, 3.8) is 0 Å². The fraction of sp³-hybridized carbons (Fsp3) is 0.150. The Morgan fingerprint density at radius 2 is 1.67 bits per heavy atom. The van der Waals surface area contributed by atoms with Crippen molar-refractivity contribution in [1.29, 1.82) is 5.26 Å². The van der Waals surface area contributed by atoms with Crippen LogP contribution in [-0.2, 0) is 12.3 Å². The molecule has 6 nitrogen and oxygen atoms in total. The van der Waals surface area contributed by atoms with Crippen molar-refractivity contribution in [2.24, 2.45) is 0 Å². The summed E-state index contributed by atoms with van der Waals surface area (Å²) in [5.74, 6) is 1.69. The Morgan fingerprint density at radius 1 is 1.00 bits per heavy atom. The average Bonchev–Trinajstić information content (AvgIpc) is 2.68. The Kier molecular flexibility index (Phi) is 4.57. The van der Waals surface area contributed by atoms with E-state index in [4.69, 9.17) is 5.26 Å². The van der Waals surface area contributed by atoms with Gasteiger partial charge >= 0.3 is 0 Å². The van der Waals surface area contributed by atoms with Gasteiger partial charge in [-0.25, -0.2) is 15.0 Å². The Hall–Kier alpha value is -3.24. The zero-order valence-electron chi connectivity index (χ0n) is 14.6. The van der Waals surface area contributed by atoms with Crippen molar-refractivity contribution in [2.75, 3.05) is 0 Å². The van der Waals surface area contributed by atoms with Gasteiger partial charge in [-0.1, -0.05) is 42.1 Å². The first-order chi connectivity index (χ1) is 13.2. The summed E-state index contributed by atoms with van der Waals surface area (Å²) in [7, 11) is 0. The highest BCUT2D eigenvalue weighted by molar-refractivity contribution is 7.98. The predicted molar refractivity (Wildman–Crippen MR) is 105 cm³/mol. The lowest BCUT2D eigenvalue weighted by Crippen LogP contribution is -2.24. The first kappa shape index (κ1) is 17.2. The van der Waals surface area contributed by atoms with E-state index in [1.807, 2.05) is 43.3 Å². The summed E-state index contributed by atoms with van der Waals surface area (Å²) < 4.78 is 1.44. The monoisotopic (exact) mass is 373 g/mol. The molecule has 0 atom stereocenters. The molecule has 4 rings (SSSR count). The number of nitriles is 1. The highest BCUT2D eigenvalue weighted by Gasteiger charge is 2.13. The molecule has 7 heteroatoms. The molecule has 0 N–H and O–H groups in total. The molecule has 0 fully saturated rings. The van der Waals surface area contributed by atoms with Gasteiger partial charge in [0.1, 0.15) is 23.2 Å². The van der Waals surface area contributed by atoms with Gasteiger partial charge in [-0.3, -0.25) is 9.36 Å². The van der Waals surface area contributed by atoms with Gasteiger partial charge in [-0.2, -0.15) is 5.26 Å². The van der Waals surface area contributed by atoms with E-state index in [-0.39, 0.29) is 12.1 Å². The predicted octanol–water partition coefficient (Wildman–Crippen LogP) is 3.46. The molecule has 0 amide bonds. The second-order valence-corrected chi connectivity index (χ2v) is 6.94. The Morgan fingerprint density at radius 3 is 2.41 bits per heavy atom. The van der Waals surface area contributed by atoms with Crippen molar-refractivity contribution in [3.05, 3.63) is 70.5 Å². The van der Waals surface area contributed by atoms with Gasteiger partial charge in [0.15, 0.2) is 0 Å². The summed E-state index contributed by atoms with van der Waals surface area (Å²) in [6.45, 7) is 1.83. The number of aromatic nitrogens is 4. The lowest BCUT2D eigenvalue weighted by molar-refractivity contribution is 0.730. The van der Waals surface area contributed by atoms with E-state index in [2.05, 4.69) is 21.0 Å². The maximum atomic E-state index is 12.8. The van der Waals surface area contributed by atoms with Crippen LogP contribution in [0.3, 0.4) is 0 Å². The van der Waals surface area contributed by atoms with Crippen molar-refractivity contribution in [2.45, 2.75) is 24.2 Å². The highest BCUT2D eigenvalue weighted by Crippen LogP contribution is 2.27. The van der Waals surface area contributed by atoms with E-state index in [9.17, 15) is 4.79 Å². The van der Waals surface area contributed by atoms with Crippen LogP contribution >= 0.6 is 11.8 Å². The molecule has 2 aromatic carbocycles. The van der Waals surface area contributed by atoms with Gasteiger partial charge in [-0.15, -0.1) is 0 Å². The maximum Gasteiger partial charge on any atom is 0.262 e. The standard InChI is InChI=1S/C20H15N5OS/c1-13-22-16-8-4-2-6-14(16)19(23-13)27-12-18-24-17-9-5-3-7-15(17)20(26)25(18)11-10-21/h2-9H,11-12H2,1H3. The topological polar surface area (TPSA) is 84.5 Å². The maximum absolute atomic E-state index is 12.8. The first-order valence-electron chi connectivity index (χ1n) is 8.39. The number of thioether (sulfide) groups is 1. The average molecular weight is 373 g/mol. The van der Waals surface area contributed by atoms with Crippen LogP contribution in [0.1, 0.15) is 11.6 Å². The van der Waals surface area contributed by atoms with E-state index < -0.39 is 0 Å². The summed E-state index contributed by atoms with van der Waals surface area (Å²) >= 11 is 1.49. The Bertz CT molecular complexity index is 1260. The van der Waals surface area contributed by atoms with Crippen LogP contribution in [-0.4, -0.2) is 19.5 Å². The summed E-state index contributed by atoms with van der Waals surface area (Å²) in [5.41, 5.74) is 1.32. The molecule has 0 aliphatic heterocycles. The zero-order valence-corrected chi connectivity index (χ0v) is 15.4. The van der Waals surface area contributed by atoms with Gasteiger partial charge in [-0.05, 0) is 25.1 Å². The summed E-state index contributed by atoms with van der Waals surface area (Å²) in [6, 6.07) is 17.1. The number of fused-ring (bicyclic) bond motifs is 2. The minimum Gasteiger partial charge on any atom is -0.281 e. The SMILES string of the molecule is Cc1nc(SCc2nc3ccccc3c(=O)n2CC#N)c2ccccc2n1. The molecule has 0 aliphatic rings.